The number of aromatic nitrogens is 2. The molecule has 0 spiro atoms. The Balaban J connectivity index is 1.41. The molecule has 1 atom stereocenters. The lowest BCUT2D eigenvalue weighted by molar-refractivity contribution is -0.197. The van der Waals surface area contributed by atoms with E-state index in [0.717, 1.165) is 51.1 Å². The van der Waals surface area contributed by atoms with E-state index in [-0.39, 0.29) is 0 Å². The molecule has 168 valence electrons. The molecule has 2 N–H and O–H groups in total. The van der Waals surface area contributed by atoms with Gasteiger partial charge in [-0.05, 0) is 44.5 Å². The summed E-state index contributed by atoms with van der Waals surface area (Å²) in [6, 6.07) is 9.97. The summed E-state index contributed by atoms with van der Waals surface area (Å²) in [7, 11) is 4.14. The second-order valence-electron chi connectivity index (χ2n) is 8.53. The van der Waals surface area contributed by atoms with Gasteiger partial charge in [-0.3, -0.25) is 14.5 Å². The van der Waals surface area contributed by atoms with Gasteiger partial charge in [0.15, 0.2) is 0 Å². The summed E-state index contributed by atoms with van der Waals surface area (Å²) in [5.74, 6) is 0. The van der Waals surface area contributed by atoms with E-state index >= 15 is 0 Å². The lowest BCUT2D eigenvalue weighted by Gasteiger charge is -2.30. The first-order chi connectivity index (χ1) is 15.2. The number of hydrogen-bond donors (Lipinski definition) is 2. The average Bonchev–Trinajstić information content (AvgIpc) is 3.38. The van der Waals surface area contributed by atoms with Crippen LogP contribution >= 0.6 is 0 Å². The van der Waals surface area contributed by atoms with Crippen molar-refractivity contribution in [2.75, 3.05) is 40.3 Å². The van der Waals surface area contributed by atoms with Crippen LogP contribution in [0.5, 0.6) is 0 Å². The van der Waals surface area contributed by atoms with E-state index in [2.05, 4.69) is 28.0 Å². The fourth-order valence-electron chi connectivity index (χ4n) is 4.47. The number of fused-ring (bicyclic) bond motifs is 1. The standard InChI is InChI=1S/C24H35N5O2/c1-25-12-16-27(2)17-21-23(22-9-6-13-29(22)26-21)20-10-14-28(15-11-20)24(30)31-18-19-7-4-3-5-8-19/h3-5,7-8,10,24-25,30H,6,9,11-18H2,1-2H3. The molecule has 0 radical (unpaired) electrons. The van der Waals surface area contributed by atoms with Gasteiger partial charge in [-0.2, -0.15) is 5.10 Å². The molecule has 0 amide bonds. The summed E-state index contributed by atoms with van der Waals surface area (Å²) >= 11 is 0. The molecule has 1 aromatic heterocycles. The molecule has 31 heavy (non-hydrogen) atoms. The molecule has 1 aromatic carbocycles. The van der Waals surface area contributed by atoms with Gasteiger partial charge in [-0.1, -0.05) is 36.4 Å². The first-order valence-corrected chi connectivity index (χ1v) is 11.3. The van der Waals surface area contributed by atoms with Crippen LogP contribution in [0.15, 0.2) is 36.4 Å². The largest absolute Gasteiger partial charge is 0.356 e. The zero-order valence-electron chi connectivity index (χ0n) is 18.8. The van der Waals surface area contributed by atoms with Crippen LogP contribution in [0, 0.1) is 0 Å². The Morgan fingerprint density at radius 1 is 1.23 bits per heavy atom. The Hall–Kier alpha value is -2.03. The molecule has 3 heterocycles. The van der Waals surface area contributed by atoms with E-state index < -0.39 is 6.41 Å². The van der Waals surface area contributed by atoms with Gasteiger partial charge >= 0.3 is 0 Å². The van der Waals surface area contributed by atoms with Gasteiger partial charge in [0, 0.05) is 50.5 Å². The number of nitrogens with zero attached hydrogens (tertiary/aromatic N) is 4. The summed E-state index contributed by atoms with van der Waals surface area (Å²) < 4.78 is 7.91. The summed E-state index contributed by atoms with van der Waals surface area (Å²) in [5, 5.41) is 18.7. The normalized spacial score (nSPS) is 17.7. The molecule has 7 nitrogen and oxygen atoms in total. The monoisotopic (exact) mass is 425 g/mol. The van der Waals surface area contributed by atoms with E-state index in [1.54, 1.807) is 0 Å². The van der Waals surface area contributed by atoms with Crippen molar-refractivity contribution in [2.24, 2.45) is 0 Å². The Morgan fingerprint density at radius 3 is 2.81 bits per heavy atom. The highest BCUT2D eigenvalue weighted by Crippen LogP contribution is 2.33. The zero-order chi connectivity index (χ0) is 21.6. The molecule has 0 saturated heterocycles. The van der Waals surface area contributed by atoms with Gasteiger partial charge in [-0.25, -0.2) is 0 Å². The van der Waals surface area contributed by atoms with Crippen LogP contribution in [-0.2, 0) is 30.9 Å². The Morgan fingerprint density at radius 2 is 2.06 bits per heavy atom. The molecule has 1 unspecified atom stereocenters. The van der Waals surface area contributed by atoms with Crippen molar-refractivity contribution in [3.63, 3.8) is 0 Å². The average molecular weight is 426 g/mol. The van der Waals surface area contributed by atoms with Gasteiger partial charge < -0.3 is 15.2 Å². The lowest BCUT2D eigenvalue weighted by Crippen LogP contribution is -2.40. The van der Waals surface area contributed by atoms with Gasteiger partial charge in [0.25, 0.3) is 0 Å². The highest BCUT2D eigenvalue weighted by molar-refractivity contribution is 5.70. The van der Waals surface area contributed by atoms with Gasteiger partial charge in [-0.15, -0.1) is 0 Å². The van der Waals surface area contributed by atoms with Crippen LogP contribution in [0.4, 0.5) is 0 Å². The molecule has 0 aliphatic carbocycles. The molecular formula is C24H35N5O2. The molecule has 7 heteroatoms. The lowest BCUT2D eigenvalue weighted by atomic mass is 9.96. The number of rotatable bonds is 10. The number of benzene rings is 1. The number of aliphatic hydroxyl groups is 1. The second kappa shape index (κ2) is 10.5. The highest BCUT2D eigenvalue weighted by atomic mass is 16.6. The SMILES string of the molecule is CNCCN(C)Cc1nn2c(c1C1=CCN(C(O)OCc3ccccc3)CC1)CCC2. The van der Waals surface area contributed by atoms with Crippen molar-refractivity contribution < 1.29 is 9.84 Å². The van der Waals surface area contributed by atoms with Crippen LogP contribution in [0.3, 0.4) is 0 Å². The maximum Gasteiger partial charge on any atom is 0.216 e. The highest BCUT2D eigenvalue weighted by Gasteiger charge is 2.27. The van der Waals surface area contributed by atoms with E-state index in [1.807, 2.05) is 42.3 Å². The van der Waals surface area contributed by atoms with E-state index in [0.29, 0.717) is 13.2 Å². The fraction of sp³-hybridized carbons (Fsp3) is 0.542. The minimum atomic E-state index is -0.886. The number of likely N-dealkylation sites (N-methyl/N-ethyl adjacent to an activating group) is 2. The predicted octanol–water partition coefficient (Wildman–Crippen LogP) is 2.06. The molecule has 0 fully saturated rings. The Kier molecular flexibility index (Phi) is 7.53. The minimum absolute atomic E-state index is 0.412. The van der Waals surface area contributed by atoms with Gasteiger partial charge in [0.1, 0.15) is 0 Å². The van der Waals surface area contributed by atoms with Crippen molar-refractivity contribution in [3.8, 4) is 0 Å². The fourth-order valence-corrected chi connectivity index (χ4v) is 4.47. The topological polar surface area (TPSA) is 65.8 Å². The van der Waals surface area contributed by atoms with E-state index in [4.69, 9.17) is 9.84 Å². The zero-order valence-corrected chi connectivity index (χ0v) is 18.8. The molecular weight excluding hydrogens is 390 g/mol. The third kappa shape index (κ3) is 5.42. The maximum atomic E-state index is 10.5. The van der Waals surface area contributed by atoms with Crippen LogP contribution < -0.4 is 5.32 Å². The predicted molar refractivity (Wildman–Crippen MR) is 122 cm³/mol. The van der Waals surface area contributed by atoms with Gasteiger partial charge in [0.05, 0.1) is 12.3 Å². The van der Waals surface area contributed by atoms with Crippen molar-refractivity contribution in [3.05, 3.63) is 58.9 Å². The maximum absolute atomic E-state index is 10.5. The minimum Gasteiger partial charge on any atom is -0.356 e. The quantitative estimate of drug-likeness (QED) is 0.568. The van der Waals surface area contributed by atoms with Crippen LogP contribution in [0.1, 0.15) is 35.4 Å². The molecule has 2 aliphatic heterocycles. The van der Waals surface area contributed by atoms with Crippen LogP contribution in [0.2, 0.25) is 0 Å². The molecule has 0 bridgehead atoms. The first-order valence-electron chi connectivity index (χ1n) is 11.3. The number of hydrogen-bond acceptors (Lipinski definition) is 6. The smallest absolute Gasteiger partial charge is 0.216 e. The molecule has 4 rings (SSSR count). The summed E-state index contributed by atoms with van der Waals surface area (Å²) in [5.41, 5.74) is 6.36. The first kappa shape index (κ1) is 22.2. The number of aliphatic hydroxyl groups excluding tert-OH is 1. The second-order valence-corrected chi connectivity index (χ2v) is 8.53. The summed E-state index contributed by atoms with van der Waals surface area (Å²) in [6.45, 7) is 5.73. The van der Waals surface area contributed by atoms with Crippen molar-refractivity contribution in [1.29, 1.82) is 0 Å². The van der Waals surface area contributed by atoms with E-state index in [1.165, 1.54) is 28.9 Å². The van der Waals surface area contributed by atoms with Crippen LogP contribution in [0.25, 0.3) is 5.57 Å². The summed E-state index contributed by atoms with van der Waals surface area (Å²) in [6.07, 6.45) is 4.55. The van der Waals surface area contributed by atoms with Crippen LogP contribution in [-0.4, -0.2) is 71.4 Å². The number of aryl methyl sites for hydroxylation is 1. The van der Waals surface area contributed by atoms with Crippen molar-refractivity contribution in [2.45, 2.75) is 45.4 Å². The number of nitrogens with one attached hydrogen (secondary N) is 1. The third-order valence-electron chi connectivity index (χ3n) is 6.19. The third-order valence-corrected chi connectivity index (χ3v) is 6.19. The molecule has 0 saturated carbocycles. The molecule has 2 aromatic rings. The van der Waals surface area contributed by atoms with Crippen molar-refractivity contribution >= 4 is 5.57 Å². The van der Waals surface area contributed by atoms with E-state index in [9.17, 15) is 5.11 Å². The number of ether oxygens (including phenoxy) is 1. The molecule has 2 aliphatic rings. The Labute approximate surface area is 185 Å². The van der Waals surface area contributed by atoms with Crippen molar-refractivity contribution in [1.82, 2.24) is 24.9 Å². The summed E-state index contributed by atoms with van der Waals surface area (Å²) in [4.78, 5) is 4.31. The van der Waals surface area contributed by atoms with Gasteiger partial charge in [0.2, 0.25) is 6.41 Å². The Bertz CT molecular complexity index is 880.